The number of anilines is 1. The van der Waals surface area contributed by atoms with Crippen molar-refractivity contribution in [1.29, 1.82) is 0 Å². The van der Waals surface area contributed by atoms with Crippen LogP contribution in [0, 0.1) is 11.6 Å². The maximum Gasteiger partial charge on any atom is 0.251 e. The summed E-state index contributed by atoms with van der Waals surface area (Å²) in [6, 6.07) is 8.02. The van der Waals surface area contributed by atoms with Gasteiger partial charge < -0.3 is 10.6 Å². The second-order valence-corrected chi connectivity index (χ2v) is 4.81. The molecule has 0 heterocycles. The zero-order valence-electron chi connectivity index (χ0n) is 11.2. The predicted molar refractivity (Wildman–Crippen MR) is 78.5 cm³/mol. The molecule has 2 aromatic rings. The van der Waals surface area contributed by atoms with E-state index in [1.54, 1.807) is 18.2 Å². The van der Waals surface area contributed by atoms with E-state index in [1.807, 2.05) is 0 Å². The van der Waals surface area contributed by atoms with Gasteiger partial charge in [-0.25, -0.2) is 8.78 Å². The fourth-order valence-corrected chi connectivity index (χ4v) is 2.04. The molecule has 110 valence electrons. The van der Waals surface area contributed by atoms with Gasteiger partial charge in [-0.3, -0.25) is 4.79 Å². The van der Waals surface area contributed by atoms with Gasteiger partial charge in [-0.15, -0.1) is 0 Å². The maximum atomic E-state index is 13.1. The standard InChI is InChI=1S/C15H13ClF2N2O/c1-19-15(21)10-2-3-13(16)14(6-10)20-8-9-4-11(17)7-12(18)5-9/h2-7,20H,8H2,1H3,(H,19,21). The highest BCUT2D eigenvalue weighted by Gasteiger charge is 2.08. The number of hydrogen-bond donors (Lipinski definition) is 2. The first-order chi connectivity index (χ1) is 9.99. The summed E-state index contributed by atoms with van der Waals surface area (Å²) in [5.41, 5.74) is 1.39. The zero-order valence-corrected chi connectivity index (χ0v) is 12.0. The highest BCUT2D eigenvalue weighted by molar-refractivity contribution is 6.33. The number of hydrogen-bond acceptors (Lipinski definition) is 2. The third-order valence-electron chi connectivity index (χ3n) is 2.86. The highest BCUT2D eigenvalue weighted by Crippen LogP contribution is 2.24. The molecule has 2 N–H and O–H groups in total. The molecule has 21 heavy (non-hydrogen) atoms. The second kappa shape index (κ2) is 6.54. The van der Waals surface area contributed by atoms with E-state index in [2.05, 4.69) is 10.6 Å². The third kappa shape index (κ3) is 3.92. The van der Waals surface area contributed by atoms with Crippen LogP contribution in [0.5, 0.6) is 0 Å². The first kappa shape index (κ1) is 15.3. The SMILES string of the molecule is CNC(=O)c1ccc(Cl)c(NCc2cc(F)cc(F)c2)c1. The van der Waals surface area contributed by atoms with Crippen molar-refractivity contribution in [3.63, 3.8) is 0 Å². The van der Waals surface area contributed by atoms with Gasteiger partial charge in [0.25, 0.3) is 5.91 Å². The molecule has 3 nitrogen and oxygen atoms in total. The van der Waals surface area contributed by atoms with Crippen LogP contribution in [-0.2, 0) is 6.54 Å². The molecule has 6 heteroatoms. The summed E-state index contributed by atoms with van der Waals surface area (Å²) in [6.45, 7) is 0.186. The average molecular weight is 311 g/mol. The molecule has 0 aliphatic heterocycles. The molecule has 0 saturated carbocycles. The summed E-state index contributed by atoms with van der Waals surface area (Å²) in [5, 5.41) is 5.88. The van der Waals surface area contributed by atoms with Crippen LogP contribution in [0.15, 0.2) is 36.4 Å². The van der Waals surface area contributed by atoms with Gasteiger partial charge in [0.2, 0.25) is 0 Å². The molecule has 1 amide bonds. The van der Waals surface area contributed by atoms with Crippen molar-refractivity contribution in [2.75, 3.05) is 12.4 Å². The van der Waals surface area contributed by atoms with Gasteiger partial charge in [0.1, 0.15) is 11.6 Å². The van der Waals surface area contributed by atoms with Crippen LogP contribution in [0.1, 0.15) is 15.9 Å². The largest absolute Gasteiger partial charge is 0.380 e. The molecule has 0 radical (unpaired) electrons. The van der Waals surface area contributed by atoms with E-state index in [1.165, 1.54) is 19.2 Å². The molecule has 0 fully saturated rings. The number of halogens is 3. The number of nitrogens with one attached hydrogen (secondary N) is 2. The average Bonchev–Trinajstić information content (AvgIpc) is 2.44. The molecule has 0 aliphatic carbocycles. The summed E-state index contributed by atoms with van der Waals surface area (Å²) in [5.74, 6) is -1.53. The minimum absolute atomic E-state index is 0.186. The quantitative estimate of drug-likeness (QED) is 0.906. The van der Waals surface area contributed by atoms with Gasteiger partial charge in [0.15, 0.2) is 0 Å². The number of rotatable bonds is 4. The molecule has 2 rings (SSSR count). The van der Waals surface area contributed by atoms with Crippen LogP contribution in [0.25, 0.3) is 0 Å². The van der Waals surface area contributed by atoms with E-state index in [9.17, 15) is 13.6 Å². The summed E-state index contributed by atoms with van der Waals surface area (Å²) in [7, 11) is 1.53. The van der Waals surface area contributed by atoms with E-state index in [4.69, 9.17) is 11.6 Å². The molecule has 0 atom stereocenters. The molecule has 0 aromatic heterocycles. The Morgan fingerprint density at radius 3 is 2.43 bits per heavy atom. The van der Waals surface area contributed by atoms with Crippen LogP contribution in [0.3, 0.4) is 0 Å². The lowest BCUT2D eigenvalue weighted by Gasteiger charge is -2.10. The summed E-state index contributed by atoms with van der Waals surface area (Å²) < 4.78 is 26.2. The smallest absolute Gasteiger partial charge is 0.251 e. The lowest BCUT2D eigenvalue weighted by atomic mass is 10.1. The Morgan fingerprint density at radius 1 is 1.14 bits per heavy atom. The minimum Gasteiger partial charge on any atom is -0.380 e. The molecular formula is C15H13ClF2N2O. The molecule has 0 unspecified atom stereocenters. The van der Waals surface area contributed by atoms with E-state index >= 15 is 0 Å². The lowest BCUT2D eigenvalue weighted by Crippen LogP contribution is -2.17. The van der Waals surface area contributed by atoms with Gasteiger partial charge in [0.05, 0.1) is 10.7 Å². The van der Waals surface area contributed by atoms with E-state index in [-0.39, 0.29) is 12.5 Å². The minimum atomic E-state index is -0.642. The van der Waals surface area contributed by atoms with Crippen LogP contribution in [0.4, 0.5) is 14.5 Å². The molecule has 2 aromatic carbocycles. The Morgan fingerprint density at radius 2 is 1.81 bits per heavy atom. The van der Waals surface area contributed by atoms with Gasteiger partial charge in [-0.05, 0) is 35.9 Å². The number of benzene rings is 2. The number of carbonyl (C=O) groups is 1. The van der Waals surface area contributed by atoms with Crippen LogP contribution in [0.2, 0.25) is 5.02 Å². The normalized spacial score (nSPS) is 10.3. The second-order valence-electron chi connectivity index (χ2n) is 4.40. The van der Waals surface area contributed by atoms with Crippen molar-refractivity contribution in [3.8, 4) is 0 Å². The third-order valence-corrected chi connectivity index (χ3v) is 3.19. The van der Waals surface area contributed by atoms with E-state index in [0.29, 0.717) is 21.8 Å². The monoisotopic (exact) mass is 310 g/mol. The molecule has 0 saturated heterocycles. The first-order valence-electron chi connectivity index (χ1n) is 6.20. The lowest BCUT2D eigenvalue weighted by molar-refractivity contribution is 0.0963. The highest BCUT2D eigenvalue weighted by atomic mass is 35.5. The Balaban J connectivity index is 2.17. The number of amides is 1. The fourth-order valence-electron chi connectivity index (χ4n) is 1.86. The van der Waals surface area contributed by atoms with Crippen molar-refractivity contribution in [2.24, 2.45) is 0 Å². The molecular weight excluding hydrogens is 298 g/mol. The summed E-state index contributed by atoms with van der Waals surface area (Å²) in [4.78, 5) is 11.6. The van der Waals surface area contributed by atoms with Gasteiger partial charge >= 0.3 is 0 Å². The Hall–Kier alpha value is -2.14. The summed E-state index contributed by atoms with van der Waals surface area (Å²) >= 11 is 6.03. The predicted octanol–water partition coefficient (Wildman–Crippen LogP) is 3.59. The van der Waals surface area contributed by atoms with Crippen LogP contribution in [-0.4, -0.2) is 13.0 Å². The Kier molecular flexibility index (Phi) is 4.75. The van der Waals surface area contributed by atoms with Crippen LogP contribution >= 0.6 is 11.6 Å². The van der Waals surface area contributed by atoms with Crippen molar-refractivity contribution < 1.29 is 13.6 Å². The first-order valence-corrected chi connectivity index (χ1v) is 6.58. The van der Waals surface area contributed by atoms with Gasteiger partial charge in [0, 0.05) is 25.2 Å². The fraction of sp³-hybridized carbons (Fsp3) is 0.133. The molecule has 0 spiro atoms. The summed E-state index contributed by atoms with van der Waals surface area (Å²) in [6.07, 6.45) is 0. The van der Waals surface area contributed by atoms with Crippen LogP contribution < -0.4 is 10.6 Å². The Bertz CT molecular complexity index is 656. The maximum absolute atomic E-state index is 13.1. The van der Waals surface area contributed by atoms with Gasteiger partial charge in [-0.1, -0.05) is 11.6 Å². The topological polar surface area (TPSA) is 41.1 Å². The zero-order chi connectivity index (χ0) is 15.4. The molecule has 0 bridgehead atoms. The van der Waals surface area contributed by atoms with Crippen molar-refractivity contribution >= 4 is 23.2 Å². The Labute approximate surface area is 125 Å². The van der Waals surface area contributed by atoms with Crippen molar-refractivity contribution in [2.45, 2.75) is 6.54 Å². The van der Waals surface area contributed by atoms with E-state index in [0.717, 1.165) is 6.07 Å². The van der Waals surface area contributed by atoms with Crippen molar-refractivity contribution in [3.05, 3.63) is 64.2 Å². The van der Waals surface area contributed by atoms with E-state index < -0.39 is 11.6 Å². The number of carbonyl (C=O) groups excluding carboxylic acids is 1. The van der Waals surface area contributed by atoms with Crippen molar-refractivity contribution in [1.82, 2.24) is 5.32 Å². The molecule has 0 aliphatic rings. The van der Waals surface area contributed by atoms with Gasteiger partial charge in [-0.2, -0.15) is 0 Å².